The number of aryl methyl sites for hydroxylation is 1. The molecule has 4 heteroatoms. The summed E-state index contributed by atoms with van der Waals surface area (Å²) in [5, 5.41) is 4.18. The van der Waals surface area contributed by atoms with E-state index in [9.17, 15) is 4.79 Å². The van der Waals surface area contributed by atoms with E-state index in [0.29, 0.717) is 11.3 Å². The van der Waals surface area contributed by atoms with Crippen LogP contribution in [0, 0.1) is 11.3 Å². The van der Waals surface area contributed by atoms with E-state index >= 15 is 0 Å². The highest BCUT2D eigenvalue weighted by atomic mass is 16.1. The Bertz CT molecular complexity index is 726. The fourth-order valence-corrected chi connectivity index (χ4v) is 3.75. The lowest BCUT2D eigenvalue weighted by atomic mass is 9.96. The molecule has 1 saturated heterocycles. The van der Waals surface area contributed by atoms with Gasteiger partial charge in [-0.25, -0.2) is 0 Å². The summed E-state index contributed by atoms with van der Waals surface area (Å²) in [7, 11) is 1.99. The number of amides is 1. The summed E-state index contributed by atoms with van der Waals surface area (Å²) >= 11 is 0. The normalized spacial score (nSPS) is 19.1. The zero-order valence-electron chi connectivity index (χ0n) is 15.3. The van der Waals surface area contributed by atoms with Crippen LogP contribution in [0.2, 0.25) is 0 Å². The number of hydrogen-bond acceptors (Lipinski definition) is 2. The number of carbonyl (C=O) groups is 1. The van der Waals surface area contributed by atoms with Gasteiger partial charge in [-0.2, -0.15) is 0 Å². The highest BCUT2D eigenvalue weighted by Crippen LogP contribution is 2.23. The van der Waals surface area contributed by atoms with E-state index in [0.717, 1.165) is 42.6 Å². The molecular weight excluding hydrogens is 298 g/mol. The molecule has 2 heterocycles. The number of para-hydroxylation sites is 1. The van der Waals surface area contributed by atoms with E-state index < -0.39 is 0 Å². The van der Waals surface area contributed by atoms with E-state index in [1.807, 2.05) is 42.1 Å². The standard InChI is InChI=1S/C20H29N3O/c1-20(2,3)14-23-10-9-15(12-23)11-21-19(24)17-13-22(4)18-8-6-5-7-16(17)18/h5-8,13,15H,9-12,14H2,1-4H3,(H,21,24)/t15-/m0/s1. The van der Waals surface area contributed by atoms with Crippen molar-refractivity contribution in [1.29, 1.82) is 0 Å². The van der Waals surface area contributed by atoms with Gasteiger partial charge in [0.2, 0.25) is 0 Å². The largest absolute Gasteiger partial charge is 0.352 e. The van der Waals surface area contributed by atoms with Crippen LogP contribution in [0.1, 0.15) is 37.6 Å². The van der Waals surface area contributed by atoms with Gasteiger partial charge in [-0.3, -0.25) is 4.79 Å². The van der Waals surface area contributed by atoms with Crippen LogP contribution in [0.4, 0.5) is 0 Å². The van der Waals surface area contributed by atoms with E-state index in [-0.39, 0.29) is 5.91 Å². The molecule has 2 aromatic rings. The zero-order valence-corrected chi connectivity index (χ0v) is 15.3. The maximum Gasteiger partial charge on any atom is 0.253 e. The first-order valence-electron chi connectivity index (χ1n) is 8.88. The fraction of sp³-hybridized carbons (Fsp3) is 0.550. The van der Waals surface area contributed by atoms with Crippen molar-refractivity contribution in [2.45, 2.75) is 27.2 Å². The van der Waals surface area contributed by atoms with Gasteiger partial charge in [0.05, 0.1) is 5.56 Å². The molecule has 0 saturated carbocycles. The molecule has 3 rings (SSSR count). The number of nitrogens with zero attached hydrogens (tertiary/aromatic N) is 2. The summed E-state index contributed by atoms with van der Waals surface area (Å²) in [5.74, 6) is 0.604. The lowest BCUT2D eigenvalue weighted by Gasteiger charge is -2.26. The van der Waals surface area contributed by atoms with Crippen molar-refractivity contribution in [1.82, 2.24) is 14.8 Å². The number of nitrogens with one attached hydrogen (secondary N) is 1. The Morgan fingerprint density at radius 2 is 2.04 bits per heavy atom. The van der Waals surface area contributed by atoms with Crippen LogP contribution in [0.3, 0.4) is 0 Å². The zero-order chi connectivity index (χ0) is 17.3. The van der Waals surface area contributed by atoms with Crippen LogP contribution >= 0.6 is 0 Å². The molecular formula is C20H29N3O. The van der Waals surface area contributed by atoms with Gasteiger partial charge in [0.1, 0.15) is 0 Å². The molecule has 1 fully saturated rings. The Morgan fingerprint density at radius 3 is 2.79 bits per heavy atom. The van der Waals surface area contributed by atoms with Gasteiger partial charge in [-0.1, -0.05) is 39.0 Å². The summed E-state index contributed by atoms with van der Waals surface area (Å²) in [6.45, 7) is 11.0. The first-order valence-corrected chi connectivity index (χ1v) is 8.88. The summed E-state index contributed by atoms with van der Waals surface area (Å²) in [6, 6.07) is 8.06. The molecule has 1 aliphatic rings. The maximum atomic E-state index is 12.6. The Labute approximate surface area is 144 Å². The lowest BCUT2D eigenvalue weighted by molar-refractivity contribution is 0.0948. The number of likely N-dealkylation sites (tertiary alicyclic amines) is 1. The highest BCUT2D eigenvalue weighted by molar-refractivity contribution is 6.06. The van der Waals surface area contributed by atoms with Crippen molar-refractivity contribution in [3.8, 4) is 0 Å². The van der Waals surface area contributed by atoms with Crippen molar-refractivity contribution < 1.29 is 4.79 Å². The van der Waals surface area contributed by atoms with Gasteiger partial charge < -0.3 is 14.8 Å². The van der Waals surface area contributed by atoms with E-state index in [1.54, 1.807) is 0 Å². The summed E-state index contributed by atoms with van der Waals surface area (Å²) in [5.41, 5.74) is 2.21. The smallest absolute Gasteiger partial charge is 0.253 e. The third-order valence-electron chi connectivity index (χ3n) is 4.76. The van der Waals surface area contributed by atoms with E-state index in [4.69, 9.17) is 0 Å². The number of benzene rings is 1. The molecule has 1 aromatic heterocycles. The molecule has 130 valence electrons. The SMILES string of the molecule is Cn1cc(C(=O)NC[C@@H]2CCN(CC(C)(C)C)C2)c2ccccc21. The molecule has 0 spiro atoms. The molecule has 24 heavy (non-hydrogen) atoms. The van der Waals surface area contributed by atoms with Crippen LogP contribution in [-0.2, 0) is 7.05 Å². The van der Waals surface area contributed by atoms with Gasteiger partial charge in [-0.05, 0) is 30.4 Å². The monoisotopic (exact) mass is 327 g/mol. The minimum atomic E-state index is 0.0427. The Kier molecular flexibility index (Phi) is 4.68. The average Bonchev–Trinajstić information content (AvgIpc) is 3.08. The van der Waals surface area contributed by atoms with Gasteiger partial charge in [0.15, 0.2) is 0 Å². The van der Waals surface area contributed by atoms with Crippen LogP contribution in [0.25, 0.3) is 10.9 Å². The quantitative estimate of drug-likeness (QED) is 0.936. The van der Waals surface area contributed by atoms with Crippen LogP contribution in [0.15, 0.2) is 30.5 Å². The van der Waals surface area contributed by atoms with Crippen molar-refractivity contribution in [2.24, 2.45) is 18.4 Å². The van der Waals surface area contributed by atoms with Gasteiger partial charge in [0.25, 0.3) is 5.91 Å². The second-order valence-electron chi connectivity index (χ2n) is 8.33. The van der Waals surface area contributed by atoms with Crippen molar-refractivity contribution in [2.75, 3.05) is 26.2 Å². The van der Waals surface area contributed by atoms with E-state index in [1.165, 1.54) is 6.42 Å². The predicted molar refractivity (Wildman–Crippen MR) is 99.3 cm³/mol. The molecule has 0 unspecified atom stereocenters. The Morgan fingerprint density at radius 1 is 1.29 bits per heavy atom. The molecule has 1 aliphatic heterocycles. The summed E-state index contributed by atoms with van der Waals surface area (Å²) in [6.07, 6.45) is 3.10. The number of carbonyl (C=O) groups excluding carboxylic acids is 1. The molecule has 4 nitrogen and oxygen atoms in total. The van der Waals surface area contributed by atoms with E-state index in [2.05, 4.69) is 31.0 Å². The third kappa shape index (κ3) is 3.81. The lowest BCUT2D eigenvalue weighted by Crippen LogP contribution is -2.33. The summed E-state index contributed by atoms with van der Waals surface area (Å²) in [4.78, 5) is 15.1. The van der Waals surface area contributed by atoms with Crippen LogP contribution in [0.5, 0.6) is 0 Å². The minimum Gasteiger partial charge on any atom is -0.352 e. The highest BCUT2D eigenvalue weighted by Gasteiger charge is 2.26. The topological polar surface area (TPSA) is 37.3 Å². The molecule has 1 aromatic carbocycles. The van der Waals surface area contributed by atoms with Gasteiger partial charge in [0, 0.05) is 43.8 Å². The second kappa shape index (κ2) is 6.60. The minimum absolute atomic E-state index is 0.0427. The van der Waals surface area contributed by atoms with Gasteiger partial charge >= 0.3 is 0 Å². The molecule has 1 atom stereocenters. The van der Waals surface area contributed by atoms with Crippen LogP contribution < -0.4 is 5.32 Å². The number of fused-ring (bicyclic) bond motifs is 1. The van der Waals surface area contributed by atoms with Crippen molar-refractivity contribution in [3.05, 3.63) is 36.0 Å². The maximum absolute atomic E-state index is 12.6. The first kappa shape index (κ1) is 17.0. The first-order chi connectivity index (χ1) is 11.3. The average molecular weight is 327 g/mol. The second-order valence-corrected chi connectivity index (χ2v) is 8.33. The Balaban J connectivity index is 1.58. The number of hydrogen-bond donors (Lipinski definition) is 1. The summed E-state index contributed by atoms with van der Waals surface area (Å²) < 4.78 is 2.02. The number of rotatable bonds is 4. The molecule has 1 amide bonds. The predicted octanol–water partition coefficient (Wildman–Crippen LogP) is 3.28. The number of aromatic nitrogens is 1. The van der Waals surface area contributed by atoms with Crippen LogP contribution in [-0.4, -0.2) is 41.6 Å². The molecule has 0 aliphatic carbocycles. The van der Waals surface area contributed by atoms with Crippen molar-refractivity contribution in [3.63, 3.8) is 0 Å². The molecule has 1 N–H and O–H groups in total. The van der Waals surface area contributed by atoms with Gasteiger partial charge in [-0.15, -0.1) is 0 Å². The van der Waals surface area contributed by atoms with Crippen molar-refractivity contribution >= 4 is 16.8 Å². The Hall–Kier alpha value is -1.81. The molecule has 0 bridgehead atoms. The third-order valence-corrected chi connectivity index (χ3v) is 4.76. The molecule has 0 radical (unpaired) electrons. The fourth-order valence-electron chi connectivity index (χ4n) is 3.75.